The van der Waals surface area contributed by atoms with Crippen LogP contribution >= 0.6 is 35.6 Å². The van der Waals surface area contributed by atoms with E-state index in [-0.39, 0.29) is 42.5 Å². The van der Waals surface area contributed by atoms with Crippen molar-refractivity contribution in [3.05, 3.63) is 58.9 Å². The molecule has 3 rings (SSSR count). The van der Waals surface area contributed by atoms with Crippen LogP contribution in [0.3, 0.4) is 0 Å². The second-order valence-corrected chi connectivity index (χ2v) is 7.38. The Hall–Kier alpha value is -2.07. The van der Waals surface area contributed by atoms with E-state index in [2.05, 4.69) is 20.6 Å². The molecule has 0 spiro atoms. The number of guanidine groups is 1. The van der Waals surface area contributed by atoms with Crippen LogP contribution in [0.15, 0.2) is 47.6 Å². The van der Waals surface area contributed by atoms with Crippen molar-refractivity contribution in [2.45, 2.75) is 18.9 Å². The van der Waals surface area contributed by atoms with Gasteiger partial charge in [0.15, 0.2) is 5.96 Å². The van der Waals surface area contributed by atoms with Crippen LogP contribution in [0, 0.1) is 0 Å². The van der Waals surface area contributed by atoms with E-state index in [9.17, 15) is 4.79 Å². The Morgan fingerprint density at radius 3 is 2.83 bits per heavy atom. The zero-order valence-corrected chi connectivity index (χ0v) is 20.2. The number of hydrogen-bond acceptors (Lipinski definition) is 4. The number of ether oxygens (including phenoxy) is 1. The second kappa shape index (κ2) is 11.9. The Morgan fingerprint density at radius 1 is 1.30 bits per heavy atom. The zero-order chi connectivity index (χ0) is 20.6. The standard InChI is InChI=1S/C21H26ClN5O2.HI/c1-27(2)20(28)14-25-21(23-11-9-15-7-8-19(22)24-13-15)26-17-10-12-29-18-6-4-3-5-16(17)18;/h3-8,13,17H,9-12,14H2,1-2H3,(H2,23,25,26);1H. The Morgan fingerprint density at radius 2 is 2.10 bits per heavy atom. The molecule has 2 N–H and O–H groups in total. The monoisotopic (exact) mass is 543 g/mol. The summed E-state index contributed by atoms with van der Waals surface area (Å²) in [6.07, 6.45) is 3.34. The number of aromatic nitrogens is 1. The fourth-order valence-corrected chi connectivity index (χ4v) is 3.09. The average Bonchev–Trinajstić information content (AvgIpc) is 2.73. The first kappa shape index (κ1) is 24.2. The van der Waals surface area contributed by atoms with Crippen LogP contribution in [0.25, 0.3) is 0 Å². The van der Waals surface area contributed by atoms with E-state index < -0.39 is 0 Å². The van der Waals surface area contributed by atoms with Gasteiger partial charge in [-0.15, -0.1) is 24.0 Å². The third-order valence-corrected chi connectivity index (χ3v) is 4.86. The maximum absolute atomic E-state index is 12.0. The predicted molar refractivity (Wildman–Crippen MR) is 130 cm³/mol. The van der Waals surface area contributed by atoms with Crippen LogP contribution in [-0.4, -0.2) is 55.5 Å². The number of benzene rings is 1. The average molecular weight is 544 g/mol. The highest BCUT2D eigenvalue weighted by molar-refractivity contribution is 14.0. The fourth-order valence-electron chi connectivity index (χ4n) is 2.98. The van der Waals surface area contributed by atoms with Crippen LogP contribution in [0.1, 0.15) is 23.6 Å². The van der Waals surface area contributed by atoms with Crippen molar-refractivity contribution in [1.82, 2.24) is 20.5 Å². The van der Waals surface area contributed by atoms with Crippen molar-refractivity contribution >= 4 is 47.4 Å². The van der Waals surface area contributed by atoms with Crippen molar-refractivity contribution in [2.75, 3.05) is 33.8 Å². The van der Waals surface area contributed by atoms with Crippen LogP contribution in [0.4, 0.5) is 0 Å². The predicted octanol–water partition coefficient (Wildman–Crippen LogP) is 3.04. The molecule has 1 aromatic heterocycles. The fraction of sp³-hybridized carbons (Fsp3) is 0.381. The SMILES string of the molecule is CN(C)C(=O)CN=C(NCCc1ccc(Cl)nc1)NC1CCOc2ccccc21.I. The Kier molecular flexibility index (Phi) is 9.64. The first-order chi connectivity index (χ1) is 14.0. The molecule has 30 heavy (non-hydrogen) atoms. The summed E-state index contributed by atoms with van der Waals surface area (Å²) in [5.41, 5.74) is 2.16. The van der Waals surface area contributed by atoms with Gasteiger partial charge in [-0.05, 0) is 24.1 Å². The minimum absolute atomic E-state index is 0. The summed E-state index contributed by atoms with van der Waals surface area (Å²) >= 11 is 5.84. The van der Waals surface area contributed by atoms with Crippen molar-refractivity contribution in [2.24, 2.45) is 4.99 Å². The number of likely N-dealkylation sites (N-methyl/N-ethyl adjacent to an activating group) is 1. The number of fused-ring (bicyclic) bond motifs is 1. The van der Waals surface area contributed by atoms with E-state index in [1.54, 1.807) is 26.4 Å². The van der Waals surface area contributed by atoms with E-state index >= 15 is 0 Å². The first-order valence-corrected chi connectivity index (χ1v) is 9.98. The molecule has 1 aromatic carbocycles. The number of nitrogens with one attached hydrogen (secondary N) is 2. The number of carbonyl (C=O) groups excluding carboxylic acids is 1. The van der Waals surface area contributed by atoms with Gasteiger partial charge < -0.3 is 20.3 Å². The molecule has 2 aromatic rings. The summed E-state index contributed by atoms with van der Waals surface area (Å²) in [5, 5.41) is 7.25. The molecular formula is C21H27ClIN5O2. The van der Waals surface area contributed by atoms with Gasteiger partial charge in [0.05, 0.1) is 12.6 Å². The normalized spacial score (nSPS) is 15.3. The molecule has 0 bridgehead atoms. The lowest BCUT2D eigenvalue weighted by molar-refractivity contribution is -0.127. The number of para-hydroxylation sites is 1. The summed E-state index contributed by atoms with van der Waals surface area (Å²) in [6.45, 7) is 1.36. The molecule has 2 heterocycles. The summed E-state index contributed by atoms with van der Waals surface area (Å²) in [7, 11) is 3.45. The van der Waals surface area contributed by atoms with Gasteiger partial charge in [0, 0.05) is 38.8 Å². The molecule has 7 nitrogen and oxygen atoms in total. The highest BCUT2D eigenvalue weighted by Gasteiger charge is 2.22. The van der Waals surface area contributed by atoms with Crippen molar-refractivity contribution in [1.29, 1.82) is 0 Å². The van der Waals surface area contributed by atoms with Gasteiger partial charge in [-0.1, -0.05) is 35.9 Å². The van der Waals surface area contributed by atoms with Crippen molar-refractivity contribution < 1.29 is 9.53 Å². The van der Waals surface area contributed by atoms with Gasteiger partial charge in [-0.25, -0.2) is 9.98 Å². The van der Waals surface area contributed by atoms with Crippen molar-refractivity contribution in [3.8, 4) is 5.75 Å². The van der Waals surface area contributed by atoms with Gasteiger partial charge in [-0.3, -0.25) is 4.79 Å². The molecule has 1 atom stereocenters. The van der Waals surface area contributed by atoms with E-state index in [1.807, 2.05) is 30.3 Å². The Balaban J connectivity index is 0.00000320. The number of pyridine rings is 1. The third kappa shape index (κ3) is 7.02. The molecule has 1 amide bonds. The number of aliphatic imine (C=N–C) groups is 1. The van der Waals surface area contributed by atoms with Crippen LogP contribution in [0.5, 0.6) is 5.75 Å². The van der Waals surface area contributed by atoms with Gasteiger partial charge in [0.2, 0.25) is 5.91 Å². The summed E-state index contributed by atoms with van der Waals surface area (Å²) < 4.78 is 5.73. The van der Waals surface area contributed by atoms with Crippen molar-refractivity contribution in [3.63, 3.8) is 0 Å². The van der Waals surface area contributed by atoms with Gasteiger partial charge >= 0.3 is 0 Å². The zero-order valence-electron chi connectivity index (χ0n) is 17.1. The van der Waals surface area contributed by atoms with Gasteiger partial charge in [0.1, 0.15) is 17.4 Å². The molecule has 0 saturated heterocycles. The highest BCUT2D eigenvalue weighted by Crippen LogP contribution is 2.31. The minimum Gasteiger partial charge on any atom is -0.493 e. The molecule has 0 fully saturated rings. The number of nitrogens with zero attached hydrogens (tertiary/aromatic N) is 3. The van der Waals surface area contributed by atoms with E-state index in [4.69, 9.17) is 16.3 Å². The van der Waals surface area contributed by atoms with Gasteiger partial charge in [0.25, 0.3) is 0 Å². The number of carbonyl (C=O) groups is 1. The van der Waals surface area contributed by atoms with Crippen LogP contribution in [-0.2, 0) is 11.2 Å². The number of amides is 1. The maximum atomic E-state index is 12.0. The lowest BCUT2D eigenvalue weighted by Crippen LogP contribution is -2.42. The lowest BCUT2D eigenvalue weighted by Gasteiger charge is -2.28. The highest BCUT2D eigenvalue weighted by atomic mass is 127. The molecule has 0 saturated carbocycles. The number of hydrogen-bond donors (Lipinski definition) is 2. The van der Waals surface area contributed by atoms with Gasteiger partial charge in [-0.2, -0.15) is 0 Å². The smallest absolute Gasteiger partial charge is 0.243 e. The van der Waals surface area contributed by atoms with E-state index in [0.29, 0.717) is 24.3 Å². The topological polar surface area (TPSA) is 78.9 Å². The number of halogens is 2. The van der Waals surface area contributed by atoms with Crippen LogP contribution < -0.4 is 15.4 Å². The minimum atomic E-state index is -0.0552. The summed E-state index contributed by atoms with van der Waals surface area (Å²) in [5.74, 6) is 1.43. The second-order valence-electron chi connectivity index (χ2n) is 6.99. The molecule has 1 aliphatic heterocycles. The molecule has 162 valence electrons. The largest absolute Gasteiger partial charge is 0.493 e. The molecule has 0 aliphatic carbocycles. The third-order valence-electron chi connectivity index (χ3n) is 4.64. The first-order valence-electron chi connectivity index (χ1n) is 9.60. The molecular weight excluding hydrogens is 517 g/mol. The lowest BCUT2D eigenvalue weighted by atomic mass is 10.0. The molecule has 0 radical (unpaired) electrons. The molecule has 1 aliphatic rings. The van der Waals surface area contributed by atoms with E-state index in [0.717, 1.165) is 29.7 Å². The Bertz CT molecular complexity index is 861. The number of rotatable bonds is 6. The summed E-state index contributed by atoms with van der Waals surface area (Å²) in [6, 6.07) is 11.8. The molecule has 1 unspecified atom stereocenters. The van der Waals surface area contributed by atoms with E-state index in [1.165, 1.54) is 4.90 Å². The summed E-state index contributed by atoms with van der Waals surface area (Å²) in [4.78, 5) is 22.1. The quantitative estimate of drug-likeness (QED) is 0.253. The maximum Gasteiger partial charge on any atom is 0.243 e. The Labute approximate surface area is 199 Å². The van der Waals surface area contributed by atoms with Crippen LogP contribution in [0.2, 0.25) is 5.15 Å². The molecule has 9 heteroatoms.